The normalized spacial score (nSPS) is 20.9. The number of aromatic nitrogens is 6. The summed E-state index contributed by atoms with van der Waals surface area (Å²) >= 11 is 0. The van der Waals surface area contributed by atoms with Gasteiger partial charge in [-0.3, -0.25) is 5.10 Å². The molecule has 0 spiro atoms. The van der Waals surface area contributed by atoms with Crippen LogP contribution < -0.4 is 16.0 Å². The van der Waals surface area contributed by atoms with Crippen molar-refractivity contribution < 1.29 is 0 Å². The first kappa shape index (κ1) is 20.1. The molecule has 9 heteroatoms. The van der Waals surface area contributed by atoms with E-state index in [0.29, 0.717) is 12.4 Å². The molecule has 2 unspecified atom stereocenters. The minimum absolute atomic E-state index is 0.104. The number of H-pyrrole nitrogens is 1. The van der Waals surface area contributed by atoms with Crippen LogP contribution in [0.5, 0.6) is 0 Å². The van der Waals surface area contributed by atoms with Crippen molar-refractivity contribution in [2.75, 3.05) is 17.2 Å². The Balaban J connectivity index is 1.17. The van der Waals surface area contributed by atoms with Gasteiger partial charge in [-0.1, -0.05) is 31.2 Å². The zero-order valence-electron chi connectivity index (χ0n) is 18.5. The number of fused-ring (bicyclic) bond motifs is 2. The Hall–Kier alpha value is -4.53. The molecule has 0 radical (unpaired) electrons. The van der Waals surface area contributed by atoms with E-state index >= 15 is 0 Å². The number of allylic oxidation sites excluding steroid dienone is 2. The second-order valence-corrected chi connectivity index (χ2v) is 8.66. The minimum atomic E-state index is -0.104. The molecule has 0 saturated heterocycles. The number of aromatic amines is 1. The van der Waals surface area contributed by atoms with Gasteiger partial charge < -0.3 is 16.0 Å². The van der Waals surface area contributed by atoms with Gasteiger partial charge in [-0.15, -0.1) is 0 Å². The molecular formula is C25H23N9. The highest BCUT2D eigenvalue weighted by atomic mass is 15.1. The Morgan fingerprint density at radius 3 is 2.94 bits per heavy atom. The molecule has 4 heterocycles. The molecule has 0 amide bonds. The molecule has 9 nitrogen and oxygen atoms in total. The van der Waals surface area contributed by atoms with Crippen LogP contribution in [0.15, 0.2) is 85.1 Å². The second-order valence-electron chi connectivity index (χ2n) is 8.66. The third-order valence-corrected chi connectivity index (χ3v) is 6.16. The lowest BCUT2D eigenvalue weighted by molar-refractivity contribution is 0.471. The van der Waals surface area contributed by atoms with E-state index in [4.69, 9.17) is 4.98 Å². The van der Waals surface area contributed by atoms with Crippen LogP contribution in [-0.2, 0) is 0 Å². The average Bonchev–Trinajstić information content (AvgIpc) is 3.46. The number of rotatable bonds is 6. The number of nitrogens with one attached hydrogen (secondary N) is 4. The Morgan fingerprint density at radius 2 is 2.03 bits per heavy atom. The predicted octanol–water partition coefficient (Wildman–Crippen LogP) is 3.81. The lowest BCUT2D eigenvalue weighted by atomic mass is 9.79. The van der Waals surface area contributed by atoms with Gasteiger partial charge in [0.25, 0.3) is 0 Å². The Morgan fingerprint density at radius 1 is 1.06 bits per heavy atom. The molecular weight excluding hydrogens is 426 g/mol. The van der Waals surface area contributed by atoms with Crippen molar-refractivity contribution in [1.82, 2.24) is 35.7 Å². The topological polar surface area (TPSA) is 116 Å². The van der Waals surface area contributed by atoms with Crippen LogP contribution in [0.2, 0.25) is 0 Å². The highest BCUT2D eigenvalue weighted by Gasteiger charge is 2.37. The number of anilines is 3. The van der Waals surface area contributed by atoms with Crippen LogP contribution in [0.4, 0.5) is 17.2 Å². The van der Waals surface area contributed by atoms with Gasteiger partial charge >= 0.3 is 0 Å². The molecule has 1 aromatic carbocycles. The molecule has 168 valence electrons. The van der Waals surface area contributed by atoms with E-state index < -0.39 is 0 Å². The molecule has 0 fully saturated rings. The Labute approximate surface area is 196 Å². The van der Waals surface area contributed by atoms with Crippen molar-refractivity contribution in [2.24, 2.45) is 5.41 Å². The molecule has 1 aliphatic heterocycles. The van der Waals surface area contributed by atoms with E-state index in [9.17, 15) is 0 Å². The Kier molecular flexibility index (Phi) is 4.80. The first-order valence-electron chi connectivity index (χ1n) is 11.1. The van der Waals surface area contributed by atoms with Gasteiger partial charge in [0.1, 0.15) is 5.82 Å². The van der Waals surface area contributed by atoms with Crippen LogP contribution in [0.25, 0.3) is 16.5 Å². The largest absolute Gasteiger partial charge is 0.380 e. The fraction of sp³-hybridized carbons (Fsp3) is 0.160. The van der Waals surface area contributed by atoms with Crippen LogP contribution in [-0.4, -0.2) is 42.9 Å². The molecule has 6 rings (SSSR count). The monoisotopic (exact) mass is 449 g/mol. The summed E-state index contributed by atoms with van der Waals surface area (Å²) in [7, 11) is 0. The lowest BCUT2D eigenvalue weighted by Gasteiger charge is -2.29. The average molecular weight is 450 g/mol. The van der Waals surface area contributed by atoms with Gasteiger partial charge in [0, 0.05) is 34.0 Å². The smallest absolute Gasteiger partial charge is 0.161 e. The molecule has 4 N–H and O–H groups in total. The van der Waals surface area contributed by atoms with E-state index in [0.717, 1.165) is 39.4 Å². The number of hydrogen-bond donors (Lipinski definition) is 4. The zero-order valence-corrected chi connectivity index (χ0v) is 18.5. The van der Waals surface area contributed by atoms with Gasteiger partial charge in [-0.2, -0.15) is 15.3 Å². The minimum Gasteiger partial charge on any atom is -0.380 e. The van der Waals surface area contributed by atoms with Gasteiger partial charge in [-0.05, 0) is 30.3 Å². The molecule has 0 saturated carbocycles. The summed E-state index contributed by atoms with van der Waals surface area (Å²) in [5.41, 5.74) is 4.91. The van der Waals surface area contributed by atoms with Crippen molar-refractivity contribution in [3.63, 3.8) is 0 Å². The molecule has 2 atom stereocenters. The number of hydrogen-bond acceptors (Lipinski definition) is 8. The maximum Gasteiger partial charge on any atom is 0.161 e. The van der Waals surface area contributed by atoms with Gasteiger partial charge in [-0.25, -0.2) is 9.97 Å². The summed E-state index contributed by atoms with van der Waals surface area (Å²) in [4.78, 5) is 9.28. The van der Waals surface area contributed by atoms with Crippen molar-refractivity contribution in [3.05, 3.63) is 90.9 Å². The van der Waals surface area contributed by atoms with E-state index in [-0.39, 0.29) is 11.5 Å². The highest BCUT2D eigenvalue weighted by Crippen LogP contribution is 2.38. The third kappa shape index (κ3) is 3.88. The molecule has 3 aromatic heterocycles. The van der Waals surface area contributed by atoms with Crippen LogP contribution in [0.3, 0.4) is 0 Å². The van der Waals surface area contributed by atoms with Gasteiger partial charge in [0.2, 0.25) is 0 Å². The first-order valence-corrected chi connectivity index (χ1v) is 11.1. The van der Waals surface area contributed by atoms with Crippen molar-refractivity contribution >= 4 is 33.7 Å². The van der Waals surface area contributed by atoms with Gasteiger partial charge in [0.05, 0.1) is 42.4 Å². The first-order chi connectivity index (χ1) is 16.6. The molecule has 2 aliphatic rings. The van der Waals surface area contributed by atoms with Crippen molar-refractivity contribution in [2.45, 2.75) is 13.0 Å². The lowest BCUT2D eigenvalue weighted by Crippen LogP contribution is -2.35. The number of nitrogens with zero attached hydrogens (tertiary/aromatic N) is 5. The van der Waals surface area contributed by atoms with E-state index in [1.165, 1.54) is 0 Å². The SMILES string of the molecule is CC12C=CC(c3nccc(Nc4ccc5[nH]ncc5c4)n3)=CC1NC(CNc1ccnnc1)=C2. The summed E-state index contributed by atoms with van der Waals surface area (Å²) in [5, 5.41) is 26.2. The zero-order chi connectivity index (χ0) is 23.0. The van der Waals surface area contributed by atoms with E-state index in [1.807, 2.05) is 30.3 Å². The summed E-state index contributed by atoms with van der Waals surface area (Å²) in [6.07, 6.45) is 15.8. The fourth-order valence-electron chi connectivity index (χ4n) is 4.32. The molecule has 4 aromatic rings. The van der Waals surface area contributed by atoms with Crippen LogP contribution in [0.1, 0.15) is 12.7 Å². The standard InChI is InChI=1S/C25H23N9/c1-25-7-4-16(11-22(25)31-20(12-25)14-27-19-5-9-28-29-15-19)24-26-8-6-23(33-24)32-18-2-3-21-17(10-18)13-30-34-21/h2-13,15,22,31H,14H2,1H3,(H,27,28)(H,30,34)(H,26,32,33). The van der Waals surface area contributed by atoms with Crippen LogP contribution in [0, 0.1) is 5.41 Å². The van der Waals surface area contributed by atoms with E-state index in [1.54, 1.807) is 24.8 Å². The fourth-order valence-corrected chi connectivity index (χ4v) is 4.32. The molecule has 1 aliphatic carbocycles. The summed E-state index contributed by atoms with van der Waals surface area (Å²) in [6, 6.07) is 9.94. The van der Waals surface area contributed by atoms with Crippen molar-refractivity contribution in [3.8, 4) is 0 Å². The Bertz CT molecular complexity index is 1440. The maximum atomic E-state index is 4.76. The second kappa shape index (κ2) is 8.11. The predicted molar refractivity (Wildman–Crippen MR) is 132 cm³/mol. The quantitative estimate of drug-likeness (QED) is 0.351. The summed E-state index contributed by atoms with van der Waals surface area (Å²) in [5.74, 6) is 1.42. The van der Waals surface area contributed by atoms with Crippen LogP contribution >= 0.6 is 0 Å². The molecule has 34 heavy (non-hydrogen) atoms. The van der Waals surface area contributed by atoms with Crippen molar-refractivity contribution in [1.29, 1.82) is 0 Å². The summed E-state index contributed by atoms with van der Waals surface area (Å²) < 4.78 is 0. The van der Waals surface area contributed by atoms with Gasteiger partial charge in [0.15, 0.2) is 5.82 Å². The third-order valence-electron chi connectivity index (χ3n) is 6.16. The maximum absolute atomic E-state index is 4.76. The molecule has 0 bridgehead atoms. The number of benzene rings is 1. The highest BCUT2D eigenvalue weighted by molar-refractivity contribution is 5.82. The van der Waals surface area contributed by atoms with E-state index in [2.05, 4.69) is 72.6 Å². The summed E-state index contributed by atoms with van der Waals surface area (Å²) in [6.45, 7) is 2.91.